The van der Waals surface area contributed by atoms with E-state index in [-0.39, 0.29) is 44.8 Å². The number of ketones is 2. The molecule has 1 aliphatic rings. The summed E-state index contributed by atoms with van der Waals surface area (Å²) < 4.78 is 5.17. The van der Waals surface area contributed by atoms with Crippen molar-refractivity contribution in [2.75, 3.05) is 12.0 Å². The van der Waals surface area contributed by atoms with E-state index in [1.54, 1.807) is 44.2 Å². The molecular formula is C24H19Cl3N2O4. The lowest BCUT2D eigenvalue weighted by molar-refractivity contribution is -0.138. The molecule has 2 aromatic carbocycles. The van der Waals surface area contributed by atoms with Gasteiger partial charge in [-0.05, 0) is 38.5 Å². The molecular weight excluding hydrogens is 487 g/mol. The Kier molecular flexibility index (Phi) is 7.74. The lowest BCUT2D eigenvalue weighted by atomic mass is 9.97. The third-order valence-corrected chi connectivity index (χ3v) is 5.67. The van der Waals surface area contributed by atoms with Gasteiger partial charge >= 0.3 is 5.97 Å². The van der Waals surface area contributed by atoms with Gasteiger partial charge in [0.2, 0.25) is 0 Å². The van der Waals surface area contributed by atoms with E-state index >= 15 is 0 Å². The maximum atomic E-state index is 13.4. The zero-order valence-electron chi connectivity index (χ0n) is 18.0. The van der Waals surface area contributed by atoms with Crippen LogP contribution in [0.25, 0.3) is 0 Å². The number of carbonyl (C=O) groups excluding carboxylic acids is 3. The van der Waals surface area contributed by atoms with Crippen LogP contribution in [0.4, 0.5) is 5.69 Å². The number of benzene rings is 2. The van der Waals surface area contributed by atoms with Crippen molar-refractivity contribution in [3.05, 3.63) is 85.4 Å². The van der Waals surface area contributed by atoms with Gasteiger partial charge in [0.25, 0.3) is 0 Å². The van der Waals surface area contributed by atoms with Gasteiger partial charge in [0, 0.05) is 16.2 Å². The Bertz CT molecular complexity index is 1220. The van der Waals surface area contributed by atoms with Gasteiger partial charge in [-0.25, -0.2) is 4.79 Å². The summed E-state index contributed by atoms with van der Waals surface area (Å²) >= 11 is 18.4. The second kappa shape index (κ2) is 10.3. The molecule has 0 saturated carbocycles. The standard InChI is InChI=1S/C24H19Cl3N2O4/c1-4-33-24(32)20-18(13(3)30)12(2)19(23(31)14-8-6-5-7-9-14)22(20)29-28-21-16(26)10-15(25)11-17(21)27/h5-11,28H,4H2,1-3H3/b29-22-. The number of Topliss-reactive ketones (excluding diaryl/α,β-unsaturated/α-hetero) is 2. The van der Waals surface area contributed by atoms with Gasteiger partial charge in [-0.3, -0.25) is 15.0 Å². The fourth-order valence-electron chi connectivity index (χ4n) is 3.46. The monoisotopic (exact) mass is 504 g/mol. The van der Waals surface area contributed by atoms with Gasteiger partial charge in [-0.15, -0.1) is 0 Å². The molecule has 0 aromatic heterocycles. The molecule has 0 heterocycles. The molecule has 0 aliphatic heterocycles. The van der Waals surface area contributed by atoms with E-state index < -0.39 is 17.5 Å². The van der Waals surface area contributed by atoms with E-state index in [4.69, 9.17) is 39.5 Å². The van der Waals surface area contributed by atoms with Crippen molar-refractivity contribution in [1.29, 1.82) is 0 Å². The molecule has 0 bridgehead atoms. The number of anilines is 1. The quantitative estimate of drug-likeness (QED) is 0.280. The Morgan fingerprint density at radius 3 is 2.12 bits per heavy atom. The van der Waals surface area contributed by atoms with E-state index in [2.05, 4.69) is 10.5 Å². The molecule has 0 radical (unpaired) electrons. The third kappa shape index (κ3) is 5.03. The van der Waals surface area contributed by atoms with Crippen LogP contribution in [0.2, 0.25) is 15.1 Å². The van der Waals surface area contributed by atoms with Gasteiger partial charge < -0.3 is 4.74 Å². The second-order valence-electron chi connectivity index (χ2n) is 7.04. The van der Waals surface area contributed by atoms with E-state index in [1.165, 1.54) is 19.1 Å². The van der Waals surface area contributed by atoms with Crippen LogP contribution in [0, 0.1) is 0 Å². The predicted molar refractivity (Wildman–Crippen MR) is 130 cm³/mol. The highest BCUT2D eigenvalue weighted by molar-refractivity contribution is 6.44. The normalized spacial score (nSPS) is 14.7. The SMILES string of the molecule is CCOC(=O)C1=C(C(C)=O)C(C)=C(C(=O)c2ccccc2)/C1=N/Nc1c(Cl)cc(Cl)cc1Cl. The Morgan fingerprint density at radius 2 is 1.58 bits per heavy atom. The van der Waals surface area contributed by atoms with Crippen LogP contribution in [-0.4, -0.2) is 29.9 Å². The summed E-state index contributed by atoms with van der Waals surface area (Å²) in [5.74, 6) is -1.58. The number of carbonyl (C=O) groups is 3. The summed E-state index contributed by atoms with van der Waals surface area (Å²) in [6, 6.07) is 11.4. The molecule has 170 valence electrons. The number of hydrazone groups is 1. The molecule has 0 amide bonds. The molecule has 0 spiro atoms. The molecule has 6 nitrogen and oxygen atoms in total. The summed E-state index contributed by atoms with van der Waals surface area (Å²) in [6.45, 7) is 4.62. The van der Waals surface area contributed by atoms with Crippen LogP contribution >= 0.6 is 34.8 Å². The first kappa shape index (κ1) is 24.7. The molecule has 9 heteroatoms. The van der Waals surface area contributed by atoms with Crippen molar-refractivity contribution in [3.63, 3.8) is 0 Å². The molecule has 1 aliphatic carbocycles. The smallest absolute Gasteiger partial charge is 0.341 e. The van der Waals surface area contributed by atoms with E-state index in [9.17, 15) is 14.4 Å². The van der Waals surface area contributed by atoms with Gasteiger partial charge in [0.15, 0.2) is 11.6 Å². The van der Waals surface area contributed by atoms with Crippen LogP contribution in [0.3, 0.4) is 0 Å². The van der Waals surface area contributed by atoms with Crippen LogP contribution < -0.4 is 5.43 Å². The van der Waals surface area contributed by atoms with Crippen molar-refractivity contribution in [2.24, 2.45) is 5.10 Å². The molecule has 0 unspecified atom stereocenters. The van der Waals surface area contributed by atoms with Crippen molar-refractivity contribution < 1.29 is 19.1 Å². The van der Waals surface area contributed by atoms with E-state index in [0.717, 1.165) is 0 Å². The Hall–Kier alpha value is -2.93. The summed E-state index contributed by atoms with van der Waals surface area (Å²) in [5, 5.41) is 4.99. The van der Waals surface area contributed by atoms with Crippen LogP contribution in [-0.2, 0) is 14.3 Å². The number of nitrogens with one attached hydrogen (secondary N) is 1. The average molecular weight is 506 g/mol. The number of esters is 1. The van der Waals surface area contributed by atoms with E-state index in [1.807, 2.05) is 0 Å². The summed E-state index contributed by atoms with van der Waals surface area (Å²) in [6.07, 6.45) is 0. The topological polar surface area (TPSA) is 84.8 Å². The maximum absolute atomic E-state index is 13.4. The number of ether oxygens (including phenoxy) is 1. The maximum Gasteiger partial charge on any atom is 0.341 e. The Morgan fingerprint density at radius 1 is 0.970 bits per heavy atom. The molecule has 2 aromatic rings. The molecule has 33 heavy (non-hydrogen) atoms. The highest BCUT2D eigenvalue weighted by Gasteiger charge is 2.39. The number of hydrogen-bond donors (Lipinski definition) is 1. The molecule has 0 fully saturated rings. The molecule has 3 rings (SSSR count). The van der Waals surface area contributed by atoms with Crippen LogP contribution in [0.15, 0.2) is 69.9 Å². The number of allylic oxidation sites excluding steroid dienone is 3. The first-order valence-electron chi connectivity index (χ1n) is 9.89. The predicted octanol–water partition coefficient (Wildman–Crippen LogP) is 6.08. The number of nitrogens with zero attached hydrogens (tertiary/aromatic N) is 1. The summed E-state index contributed by atoms with van der Waals surface area (Å²) in [4.78, 5) is 38.8. The summed E-state index contributed by atoms with van der Waals surface area (Å²) in [7, 11) is 0. The lowest BCUT2D eigenvalue weighted by Crippen LogP contribution is -2.21. The highest BCUT2D eigenvalue weighted by atomic mass is 35.5. The largest absolute Gasteiger partial charge is 0.462 e. The van der Waals surface area contributed by atoms with Crippen LogP contribution in [0.5, 0.6) is 0 Å². The minimum absolute atomic E-state index is 0.0351. The molecule has 1 N–H and O–H groups in total. The fourth-order valence-corrected chi connectivity index (χ4v) is 4.36. The highest BCUT2D eigenvalue weighted by Crippen LogP contribution is 2.36. The van der Waals surface area contributed by atoms with Crippen LogP contribution in [0.1, 0.15) is 31.1 Å². The second-order valence-corrected chi connectivity index (χ2v) is 8.29. The number of rotatable bonds is 7. The van der Waals surface area contributed by atoms with Crippen molar-refractivity contribution in [3.8, 4) is 0 Å². The lowest BCUT2D eigenvalue weighted by Gasteiger charge is -2.12. The van der Waals surface area contributed by atoms with Gasteiger partial charge in [-0.2, -0.15) is 5.10 Å². The first-order chi connectivity index (χ1) is 15.7. The summed E-state index contributed by atoms with van der Waals surface area (Å²) in [5.41, 5.74) is 3.67. The Balaban J connectivity index is 2.21. The van der Waals surface area contributed by atoms with Gasteiger partial charge in [-0.1, -0.05) is 65.1 Å². The third-order valence-electron chi connectivity index (χ3n) is 4.85. The average Bonchev–Trinajstić information content (AvgIpc) is 3.05. The zero-order chi connectivity index (χ0) is 24.3. The van der Waals surface area contributed by atoms with E-state index in [0.29, 0.717) is 16.2 Å². The molecule has 0 atom stereocenters. The number of halogens is 3. The molecule has 0 saturated heterocycles. The number of hydrogen-bond acceptors (Lipinski definition) is 6. The van der Waals surface area contributed by atoms with Crippen molar-refractivity contribution in [2.45, 2.75) is 20.8 Å². The fraction of sp³-hybridized carbons (Fsp3) is 0.167. The van der Waals surface area contributed by atoms with Gasteiger partial charge in [0.1, 0.15) is 5.71 Å². The van der Waals surface area contributed by atoms with Crippen molar-refractivity contribution in [1.82, 2.24) is 0 Å². The minimum Gasteiger partial charge on any atom is -0.462 e. The zero-order valence-corrected chi connectivity index (χ0v) is 20.2. The van der Waals surface area contributed by atoms with Crippen molar-refractivity contribution >= 4 is 63.7 Å². The first-order valence-corrected chi connectivity index (χ1v) is 11.0. The Labute approximate surface area is 205 Å². The van der Waals surface area contributed by atoms with Gasteiger partial charge in [0.05, 0.1) is 33.5 Å². The minimum atomic E-state index is -0.772.